The molecule has 0 aliphatic heterocycles. The Balaban J connectivity index is 2.38. The van der Waals surface area contributed by atoms with Crippen LogP contribution >= 0.6 is 0 Å². The summed E-state index contributed by atoms with van der Waals surface area (Å²) in [4.78, 5) is 17.4. The first-order chi connectivity index (χ1) is 8.11. The topological polar surface area (TPSA) is 85.7 Å². The molecule has 1 atom stereocenters. The number of benzene rings is 1. The van der Waals surface area contributed by atoms with Crippen LogP contribution in [0.25, 0.3) is 10.9 Å². The standard InChI is InChI=1S/C12H12N2O3/c1-13-11(12(16)17)4-7-6-14-10-3-2-8(15)5-9(7)10/h2-3,5-6,11,14-15H,1,4H2,(H,16,17). The van der Waals surface area contributed by atoms with Crippen LogP contribution in [0.3, 0.4) is 0 Å². The average Bonchev–Trinajstić information content (AvgIpc) is 2.68. The highest BCUT2D eigenvalue weighted by Gasteiger charge is 2.17. The predicted octanol–water partition coefficient (Wildman–Crippen LogP) is 1.57. The second kappa shape index (κ2) is 4.29. The van der Waals surface area contributed by atoms with E-state index in [-0.39, 0.29) is 12.2 Å². The number of aliphatic carboxylic acids is 1. The van der Waals surface area contributed by atoms with E-state index in [9.17, 15) is 9.90 Å². The Morgan fingerprint density at radius 2 is 2.29 bits per heavy atom. The van der Waals surface area contributed by atoms with Crippen molar-refractivity contribution in [3.63, 3.8) is 0 Å². The number of phenolic OH excluding ortho intramolecular Hbond substituents is 1. The van der Waals surface area contributed by atoms with E-state index in [1.54, 1.807) is 24.4 Å². The highest BCUT2D eigenvalue weighted by molar-refractivity contribution is 5.85. The summed E-state index contributed by atoms with van der Waals surface area (Å²) < 4.78 is 0. The van der Waals surface area contributed by atoms with Gasteiger partial charge in [-0.15, -0.1) is 0 Å². The van der Waals surface area contributed by atoms with Crippen LogP contribution < -0.4 is 0 Å². The molecular formula is C12H12N2O3. The Morgan fingerprint density at radius 1 is 1.53 bits per heavy atom. The number of fused-ring (bicyclic) bond motifs is 1. The zero-order valence-electron chi connectivity index (χ0n) is 9.05. The number of aliphatic imine (C=N–C) groups is 1. The van der Waals surface area contributed by atoms with Crippen LogP contribution in [-0.4, -0.2) is 33.9 Å². The lowest BCUT2D eigenvalue weighted by molar-refractivity contribution is -0.138. The number of aromatic amines is 1. The van der Waals surface area contributed by atoms with Crippen LogP contribution in [0.4, 0.5) is 0 Å². The molecule has 1 aromatic heterocycles. The van der Waals surface area contributed by atoms with Crippen molar-refractivity contribution >= 4 is 23.6 Å². The van der Waals surface area contributed by atoms with Crippen LogP contribution in [0.1, 0.15) is 5.56 Å². The maximum atomic E-state index is 10.9. The van der Waals surface area contributed by atoms with Crippen molar-refractivity contribution in [2.75, 3.05) is 0 Å². The minimum atomic E-state index is -1.01. The van der Waals surface area contributed by atoms with Gasteiger partial charge >= 0.3 is 5.97 Å². The minimum absolute atomic E-state index is 0.150. The number of aromatic hydroxyl groups is 1. The molecule has 0 saturated carbocycles. The summed E-state index contributed by atoms with van der Waals surface area (Å²) in [5.74, 6) is -0.855. The number of nitrogens with zero attached hydrogens (tertiary/aromatic N) is 1. The van der Waals surface area contributed by atoms with Crippen molar-refractivity contribution in [1.29, 1.82) is 0 Å². The summed E-state index contributed by atoms with van der Waals surface area (Å²) in [6.45, 7) is 3.27. The second-order valence-corrected chi connectivity index (χ2v) is 3.78. The van der Waals surface area contributed by atoms with E-state index in [1.807, 2.05) is 0 Å². The second-order valence-electron chi connectivity index (χ2n) is 3.78. The summed E-state index contributed by atoms with van der Waals surface area (Å²) >= 11 is 0. The fourth-order valence-electron chi connectivity index (χ4n) is 1.77. The number of H-pyrrole nitrogens is 1. The number of rotatable bonds is 4. The third-order valence-corrected chi connectivity index (χ3v) is 2.67. The molecule has 0 radical (unpaired) electrons. The van der Waals surface area contributed by atoms with E-state index >= 15 is 0 Å². The number of aromatic nitrogens is 1. The summed E-state index contributed by atoms with van der Waals surface area (Å²) in [5.41, 5.74) is 1.65. The lowest BCUT2D eigenvalue weighted by Gasteiger charge is -2.05. The number of nitrogens with one attached hydrogen (secondary N) is 1. The van der Waals surface area contributed by atoms with Gasteiger partial charge in [-0.3, -0.25) is 4.99 Å². The van der Waals surface area contributed by atoms with Gasteiger partial charge in [-0.25, -0.2) is 4.79 Å². The molecule has 2 aromatic rings. The number of carboxylic acid groups (broad SMARTS) is 1. The van der Waals surface area contributed by atoms with Crippen molar-refractivity contribution in [3.05, 3.63) is 30.0 Å². The summed E-state index contributed by atoms with van der Waals surface area (Å²) in [6.07, 6.45) is 1.98. The molecule has 0 fully saturated rings. The van der Waals surface area contributed by atoms with E-state index in [0.29, 0.717) is 0 Å². The van der Waals surface area contributed by atoms with E-state index in [2.05, 4.69) is 16.7 Å². The maximum absolute atomic E-state index is 10.9. The first-order valence-electron chi connectivity index (χ1n) is 5.09. The highest BCUT2D eigenvalue weighted by Crippen LogP contribution is 2.24. The smallest absolute Gasteiger partial charge is 0.328 e. The predicted molar refractivity (Wildman–Crippen MR) is 64.6 cm³/mol. The van der Waals surface area contributed by atoms with E-state index in [0.717, 1.165) is 16.5 Å². The molecule has 0 saturated heterocycles. The van der Waals surface area contributed by atoms with Crippen molar-refractivity contribution in [2.24, 2.45) is 4.99 Å². The van der Waals surface area contributed by atoms with E-state index in [1.165, 1.54) is 0 Å². The number of carbonyl (C=O) groups is 1. The molecule has 88 valence electrons. The summed E-state index contributed by atoms with van der Waals surface area (Å²) in [7, 11) is 0. The number of phenols is 1. The van der Waals surface area contributed by atoms with Gasteiger partial charge in [0.25, 0.3) is 0 Å². The molecule has 0 bridgehead atoms. The van der Waals surface area contributed by atoms with Crippen molar-refractivity contribution < 1.29 is 15.0 Å². The molecule has 0 amide bonds. The van der Waals surface area contributed by atoms with Crippen molar-refractivity contribution in [2.45, 2.75) is 12.5 Å². The first kappa shape index (κ1) is 11.2. The molecule has 0 spiro atoms. The zero-order valence-corrected chi connectivity index (χ0v) is 9.05. The Labute approximate surface area is 97.4 Å². The summed E-state index contributed by atoms with van der Waals surface area (Å²) in [5, 5.41) is 19.1. The SMILES string of the molecule is C=NC(Cc1c[nH]c2ccc(O)cc12)C(=O)O. The molecule has 2 rings (SSSR count). The third-order valence-electron chi connectivity index (χ3n) is 2.67. The van der Waals surface area contributed by atoms with Crippen LogP contribution in [0.5, 0.6) is 5.75 Å². The van der Waals surface area contributed by atoms with Crippen LogP contribution in [0.2, 0.25) is 0 Å². The molecule has 1 unspecified atom stereocenters. The quantitative estimate of drug-likeness (QED) is 0.699. The normalized spacial score (nSPS) is 12.5. The van der Waals surface area contributed by atoms with Gasteiger partial charge in [0.2, 0.25) is 0 Å². The molecule has 0 aliphatic carbocycles. The Hall–Kier alpha value is -2.30. The van der Waals surface area contributed by atoms with Gasteiger partial charge in [-0.1, -0.05) is 0 Å². The van der Waals surface area contributed by atoms with Gasteiger partial charge in [0, 0.05) is 23.5 Å². The van der Waals surface area contributed by atoms with Crippen LogP contribution in [-0.2, 0) is 11.2 Å². The third kappa shape index (κ3) is 2.13. The Bertz CT molecular complexity index is 574. The highest BCUT2D eigenvalue weighted by atomic mass is 16.4. The Morgan fingerprint density at radius 3 is 2.94 bits per heavy atom. The van der Waals surface area contributed by atoms with Gasteiger partial charge in [0.15, 0.2) is 6.04 Å². The van der Waals surface area contributed by atoms with Crippen molar-refractivity contribution in [3.8, 4) is 5.75 Å². The fourth-order valence-corrected chi connectivity index (χ4v) is 1.77. The summed E-state index contributed by atoms with van der Waals surface area (Å²) in [6, 6.07) is 4.05. The van der Waals surface area contributed by atoms with Gasteiger partial charge < -0.3 is 15.2 Å². The molecular weight excluding hydrogens is 220 g/mol. The molecule has 1 heterocycles. The van der Waals surface area contributed by atoms with Gasteiger partial charge in [0.1, 0.15) is 5.75 Å². The average molecular weight is 232 g/mol. The van der Waals surface area contributed by atoms with Gasteiger partial charge in [-0.2, -0.15) is 0 Å². The molecule has 5 heteroatoms. The number of hydrogen-bond donors (Lipinski definition) is 3. The maximum Gasteiger partial charge on any atom is 0.328 e. The lowest BCUT2D eigenvalue weighted by Crippen LogP contribution is -2.19. The molecule has 17 heavy (non-hydrogen) atoms. The van der Waals surface area contributed by atoms with E-state index in [4.69, 9.17) is 5.11 Å². The Kier molecular flexibility index (Phi) is 2.82. The first-order valence-corrected chi connectivity index (χ1v) is 5.09. The molecule has 1 aromatic carbocycles. The molecule has 5 nitrogen and oxygen atoms in total. The van der Waals surface area contributed by atoms with Crippen LogP contribution in [0.15, 0.2) is 29.4 Å². The van der Waals surface area contributed by atoms with Crippen LogP contribution in [0, 0.1) is 0 Å². The fraction of sp³-hybridized carbons (Fsp3) is 0.167. The lowest BCUT2D eigenvalue weighted by atomic mass is 10.1. The molecule has 3 N–H and O–H groups in total. The molecule has 0 aliphatic rings. The number of hydrogen-bond acceptors (Lipinski definition) is 3. The minimum Gasteiger partial charge on any atom is -0.508 e. The zero-order chi connectivity index (χ0) is 12.4. The van der Waals surface area contributed by atoms with E-state index < -0.39 is 12.0 Å². The largest absolute Gasteiger partial charge is 0.508 e. The number of carboxylic acids is 1. The van der Waals surface area contributed by atoms with Gasteiger partial charge in [0.05, 0.1) is 0 Å². The van der Waals surface area contributed by atoms with Crippen molar-refractivity contribution in [1.82, 2.24) is 4.98 Å². The monoisotopic (exact) mass is 232 g/mol. The van der Waals surface area contributed by atoms with Gasteiger partial charge in [-0.05, 0) is 30.5 Å².